The normalized spacial score (nSPS) is 14.4. The van der Waals surface area contributed by atoms with Crippen LogP contribution in [-0.4, -0.2) is 46.2 Å². The molecule has 174 valence electrons. The molecule has 3 N–H and O–H groups in total. The Kier molecular flexibility index (Phi) is 8.33. The predicted octanol–water partition coefficient (Wildman–Crippen LogP) is 4.66. The molecule has 1 aliphatic rings. The Bertz CT molecular complexity index is 972. The summed E-state index contributed by atoms with van der Waals surface area (Å²) in [5.41, 5.74) is 2.44. The maximum atomic E-state index is 9.47. The largest absolute Gasteiger partial charge is 0.508 e. The van der Waals surface area contributed by atoms with E-state index in [9.17, 15) is 5.11 Å². The van der Waals surface area contributed by atoms with Crippen molar-refractivity contribution >= 4 is 17.8 Å². The Hall–Kier alpha value is -3.35. The van der Waals surface area contributed by atoms with Crippen LogP contribution in [0.4, 0.5) is 17.8 Å². The third kappa shape index (κ3) is 7.34. The summed E-state index contributed by atoms with van der Waals surface area (Å²) in [6.07, 6.45) is 7.93. The lowest BCUT2D eigenvalue weighted by Crippen LogP contribution is -2.29. The number of phenols is 1. The first-order valence-corrected chi connectivity index (χ1v) is 12.1. The molecule has 1 aromatic heterocycles. The number of benzene rings is 2. The Balaban J connectivity index is 1.43. The average Bonchev–Trinajstić information content (AvgIpc) is 2.81. The van der Waals surface area contributed by atoms with Crippen LogP contribution in [0.5, 0.6) is 5.75 Å². The van der Waals surface area contributed by atoms with E-state index in [1.165, 1.54) is 37.7 Å². The molecule has 4 rings (SSSR count). The molecule has 1 saturated heterocycles. The van der Waals surface area contributed by atoms with E-state index in [1.807, 2.05) is 18.2 Å². The Morgan fingerprint density at radius 1 is 0.667 bits per heavy atom. The molecule has 1 aliphatic heterocycles. The van der Waals surface area contributed by atoms with Crippen LogP contribution in [0.3, 0.4) is 0 Å². The molecular formula is C26H34N6O. The van der Waals surface area contributed by atoms with Gasteiger partial charge in [-0.05, 0) is 48.9 Å². The highest BCUT2D eigenvalue weighted by atomic mass is 16.3. The zero-order valence-corrected chi connectivity index (χ0v) is 19.2. The molecular weight excluding hydrogens is 412 g/mol. The van der Waals surface area contributed by atoms with E-state index in [4.69, 9.17) is 9.97 Å². The highest BCUT2D eigenvalue weighted by Crippen LogP contribution is 2.19. The average molecular weight is 447 g/mol. The van der Waals surface area contributed by atoms with E-state index >= 15 is 0 Å². The standard InChI is InChI=1S/C26H34N6O/c33-23-13-11-22(12-14-23)16-18-28-25-29-24(27-17-15-21-9-5-4-6-10-21)30-26(31-25)32-19-7-2-1-3-8-20-32/h4-6,9-14,33H,1-3,7-8,15-20H2,(H2,27,28,29,30,31). The van der Waals surface area contributed by atoms with Gasteiger partial charge in [-0.1, -0.05) is 61.7 Å². The monoisotopic (exact) mass is 446 g/mol. The Morgan fingerprint density at radius 2 is 1.21 bits per heavy atom. The van der Waals surface area contributed by atoms with Crippen molar-refractivity contribution in [3.63, 3.8) is 0 Å². The molecule has 33 heavy (non-hydrogen) atoms. The lowest BCUT2D eigenvalue weighted by Gasteiger charge is -2.25. The minimum Gasteiger partial charge on any atom is -0.508 e. The summed E-state index contributed by atoms with van der Waals surface area (Å²) in [7, 11) is 0. The van der Waals surface area contributed by atoms with Crippen molar-refractivity contribution in [1.29, 1.82) is 0 Å². The van der Waals surface area contributed by atoms with Gasteiger partial charge in [0.15, 0.2) is 0 Å². The fraction of sp³-hybridized carbons (Fsp3) is 0.423. The third-order valence-electron chi connectivity index (χ3n) is 5.94. The van der Waals surface area contributed by atoms with Gasteiger partial charge in [0, 0.05) is 26.2 Å². The lowest BCUT2D eigenvalue weighted by atomic mass is 10.1. The summed E-state index contributed by atoms with van der Waals surface area (Å²) in [4.78, 5) is 16.5. The van der Waals surface area contributed by atoms with Gasteiger partial charge < -0.3 is 20.6 Å². The third-order valence-corrected chi connectivity index (χ3v) is 5.94. The van der Waals surface area contributed by atoms with Crippen molar-refractivity contribution in [1.82, 2.24) is 15.0 Å². The quantitative estimate of drug-likeness (QED) is 0.441. The van der Waals surface area contributed by atoms with Crippen molar-refractivity contribution < 1.29 is 5.11 Å². The second-order valence-corrected chi connectivity index (χ2v) is 8.54. The van der Waals surface area contributed by atoms with E-state index in [0.29, 0.717) is 18.4 Å². The zero-order chi connectivity index (χ0) is 22.7. The maximum Gasteiger partial charge on any atom is 0.231 e. The van der Waals surface area contributed by atoms with E-state index < -0.39 is 0 Å². The summed E-state index contributed by atoms with van der Waals surface area (Å²) >= 11 is 0. The van der Waals surface area contributed by atoms with Crippen LogP contribution in [0.1, 0.15) is 43.2 Å². The lowest BCUT2D eigenvalue weighted by molar-refractivity contribution is 0.475. The second-order valence-electron chi connectivity index (χ2n) is 8.54. The van der Waals surface area contributed by atoms with Crippen LogP contribution in [-0.2, 0) is 12.8 Å². The summed E-state index contributed by atoms with van der Waals surface area (Å²) < 4.78 is 0. The summed E-state index contributed by atoms with van der Waals surface area (Å²) in [5, 5.41) is 16.2. The number of nitrogens with one attached hydrogen (secondary N) is 2. The Labute approximate surface area is 196 Å². The molecule has 2 heterocycles. The van der Waals surface area contributed by atoms with Gasteiger partial charge in [-0.25, -0.2) is 0 Å². The predicted molar refractivity (Wildman–Crippen MR) is 134 cm³/mol. The number of rotatable bonds is 9. The number of hydrogen-bond donors (Lipinski definition) is 3. The summed E-state index contributed by atoms with van der Waals surface area (Å²) in [6.45, 7) is 3.44. The minimum atomic E-state index is 0.285. The smallest absolute Gasteiger partial charge is 0.231 e. The molecule has 0 saturated carbocycles. The van der Waals surface area contributed by atoms with Crippen LogP contribution in [0.2, 0.25) is 0 Å². The van der Waals surface area contributed by atoms with Crippen molar-refractivity contribution in [2.75, 3.05) is 41.7 Å². The Morgan fingerprint density at radius 3 is 1.82 bits per heavy atom. The number of aromatic hydroxyl groups is 1. The first-order chi connectivity index (χ1) is 16.3. The van der Waals surface area contributed by atoms with E-state index in [2.05, 4.69) is 44.8 Å². The molecule has 0 unspecified atom stereocenters. The van der Waals surface area contributed by atoms with E-state index in [0.717, 1.165) is 44.0 Å². The number of hydrogen-bond acceptors (Lipinski definition) is 7. The highest BCUT2D eigenvalue weighted by Gasteiger charge is 2.15. The van der Waals surface area contributed by atoms with Gasteiger partial charge in [0.25, 0.3) is 0 Å². The fourth-order valence-corrected chi connectivity index (χ4v) is 4.06. The molecule has 0 atom stereocenters. The topological polar surface area (TPSA) is 86.2 Å². The number of aromatic nitrogens is 3. The molecule has 0 radical (unpaired) electrons. The SMILES string of the molecule is Oc1ccc(CCNc2nc(NCCc3ccccc3)nc(N3CCCCCCC3)n2)cc1. The molecule has 0 bridgehead atoms. The minimum absolute atomic E-state index is 0.285. The molecule has 2 aromatic carbocycles. The molecule has 0 amide bonds. The molecule has 0 aliphatic carbocycles. The molecule has 3 aromatic rings. The summed E-state index contributed by atoms with van der Waals surface area (Å²) in [5.74, 6) is 2.25. The molecule has 1 fully saturated rings. The summed E-state index contributed by atoms with van der Waals surface area (Å²) in [6, 6.07) is 17.7. The van der Waals surface area contributed by atoms with Crippen molar-refractivity contribution in [3.05, 3.63) is 65.7 Å². The highest BCUT2D eigenvalue weighted by molar-refractivity contribution is 5.44. The van der Waals surface area contributed by atoms with Crippen LogP contribution in [0.25, 0.3) is 0 Å². The maximum absolute atomic E-state index is 9.47. The van der Waals surface area contributed by atoms with Crippen molar-refractivity contribution in [2.24, 2.45) is 0 Å². The van der Waals surface area contributed by atoms with Crippen molar-refractivity contribution in [3.8, 4) is 5.75 Å². The van der Waals surface area contributed by atoms with Gasteiger partial charge in [-0.15, -0.1) is 0 Å². The van der Waals surface area contributed by atoms with Gasteiger partial charge >= 0.3 is 0 Å². The van der Waals surface area contributed by atoms with Gasteiger partial charge in [0.05, 0.1) is 0 Å². The fourth-order valence-electron chi connectivity index (χ4n) is 4.06. The van der Waals surface area contributed by atoms with Gasteiger partial charge in [0.2, 0.25) is 17.8 Å². The molecule has 7 heteroatoms. The van der Waals surface area contributed by atoms with Gasteiger partial charge in [-0.3, -0.25) is 0 Å². The van der Waals surface area contributed by atoms with Crippen LogP contribution in [0.15, 0.2) is 54.6 Å². The number of nitrogens with zero attached hydrogens (tertiary/aromatic N) is 4. The van der Waals surface area contributed by atoms with Crippen LogP contribution >= 0.6 is 0 Å². The van der Waals surface area contributed by atoms with Gasteiger partial charge in [0.1, 0.15) is 5.75 Å². The van der Waals surface area contributed by atoms with Crippen molar-refractivity contribution in [2.45, 2.75) is 44.9 Å². The number of phenolic OH excluding ortho intramolecular Hbond substituents is 1. The molecule has 7 nitrogen and oxygen atoms in total. The second kappa shape index (κ2) is 12.0. The van der Waals surface area contributed by atoms with Gasteiger partial charge in [-0.2, -0.15) is 15.0 Å². The first kappa shape index (κ1) is 22.8. The molecule has 0 spiro atoms. The zero-order valence-electron chi connectivity index (χ0n) is 19.2. The van der Waals surface area contributed by atoms with Crippen LogP contribution < -0.4 is 15.5 Å². The first-order valence-electron chi connectivity index (χ1n) is 12.1. The van der Waals surface area contributed by atoms with E-state index in [1.54, 1.807) is 12.1 Å². The van der Waals surface area contributed by atoms with Crippen LogP contribution in [0, 0.1) is 0 Å². The number of anilines is 3. The van der Waals surface area contributed by atoms with E-state index in [-0.39, 0.29) is 5.75 Å².